The van der Waals surface area contributed by atoms with Crippen LogP contribution < -0.4 is 15.2 Å². The van der Waals surface area contributed by atoms with Gasteiger partial charge in [-0.2, -0.15) is 4.98 Å². The molecule has 3 aromatic rings. The van der Waals surface area contributed by atoms with E-state index in [1.807, 2.05) is 32.0 Å². The summed E-state index contributed by atoms with van der Waals surface area (Å²) in [6.07, 6.45) is 5.72. The third-order valence-corrected chi connectivity index (χ3v) is 7.94. The van der Waals surface area contributed by atoms with Crippen LogP contribution in [-0.4, -0.2) is 42.1 Å². The number of carboxylic acid groups (broad SMARTS) is 1. The normalized spacial score (nSPS) is 14.5. The summed E-state index contributed by atoms with van der Waals surface area (Å²) >= 11 is 0. The lowest BCUT2D eigenvalue weighted by Crippen LogP contribution is -2.30. The van der Waals surface area contributed by atoms with Crippen LogP contribution in [0, 0.1) is 19.8 Å². The lowest BCUT2D eigenvalue weighted by atomic mass is 9.99. The van der Waals surface area contributed by atoms with Crippen molar-refractivity contribution in [3.63, 3.8) is 0 Å². The van der Waals surface area contributed by atoms with Gasteiger partial charge in [0.1, 0.15) is 6.61 Å². The number of halogens is 1. The summed E-state index contributed by atoms with van der Waals surface area (Å²) < 4.78 is 34.5. The van der Waals surface area contributed by atoms with E-state index in [-0.39, 0.29) is 47.3 Å². The Hall–Kier alpha value is -3.21. The number of anilines is 1. The molecule has 0 bridgehead atoms. The number of rotatable bonds is 10. The molecule has 11 heteroatoms. The van der Waals surface area contributed by atoms with Crippen molar-refractivity contribution in [2.45, 2.75) is 56.9 Å². The number of ether oxygens (including phenoxy) is 1. The molecule has 9 nitrogen and oxygen atoms in total. The average Bonchev–Trinajstić information content (AvgIpc) is 3.35. The molecule has 0 unspecified atom stereocenters. The van der Waals surface area contributed by atoms with Crippen molar-refractivity contribution in [2.24, 2.45) is 11.7 Å². The number of hydrogen-bond donors (Lipinski definition) is 3. The maximum absolute atomic E-state index is 13.1. The number of aryl methyl sites for hydroxylation is 2. The molecule has 1 atom stereocenters. The Labute approximate surface area is 229 Å². The molecule has 2 aromatic carbocycles. The molecule has 1 fully saturated rings. The molecule has 0 amide bonds. The third kappa shape index (κ3) is 7.21. The fraction of sp³-hybridized carbons (Fsp3) is 0.370. The standard InChI is InChI=1S/C27H32N4O5S.ClH/c1-17-7-5-8-18(2)25(17)23-15-24(36-16-21(28)13-19-9-3-4-10-19)30-27(29-23)31-37(34,35)22-12-6-11-20(14-22)26(32)33;/h5-8,11-12,14-15,19,21H,3-4,9-10,13,16,28H2,1-2H3,(H,32,33)(H,29,30,31);1H/t21-;/m1./s1. The molecular weight excluding hydrogens is 528 g/mol. The van der Waals surface area contributed by atoms with E-state index < -0.39 is 16.0 Å². The van der Waals surface area contributed by atoms with Crippen LogP contribution in [-0.2, 0) is 10.0 Å². The van der Waals surface area contributed by atoms with Gasteiger partial charge in [0.25, 0.3) is 10.0 Å². The molecule has 38 heavy (non-hydrogen) atoms. The van der Waals surface area contributed by atoms with E-state index in [1.54, 1.807) is 6.07 Å². The van der Waals surface area contributed by atoms with E-state index in [2.05, 4.69) is 14.7 Å². The van der Waals surface area contributed by atoms with Gasteiger partial charge in [0, 0.05) is 17.7 Å². The van der Waals surface area contributed by atoms with Crippen molar-refractivity contribution in [1.82, 2.24) is 9.97 Å². The maximum Gasteiger partial charge on any atom is 0.335 e. The highest BCUT2D eigenvalue weighted by molar-refractivity contribution is 7.92. The molecule has 1 aliphatic rings. The molecule has 1 saturated carbocycles. The van der Waals surface area contributed by atoms with Crippen LogP contribution in [0.2, 0.25) is 0 Å². The predicted molar refractivity (Wildman–Crippen MR) is 148 cm³/mol. The van der Waals surface area contributed by atoms with Gasteiger partial charge in [0.05, 0.1) is 16.2 Å². The number of sulfonamides is 1. The number of hydrogen-bond acceptors (Lipinski definition) is 7. The Morgan fingerprint density at radius 3 is 2.42 bits per heavy atom. The highest BCUT2D eigenvalue weighted by Crippen LogP contribution is 2.30. The van der Waals surface area contributed by atoms with E-state index >= 15 is 0 Å². The molecule has 1 aromatic heterocycles. The summed E-state index contributed by atoms with van der Waals surface area (Å²) in [5.74, 6) is -0.597. The number of carbonyl (C=O) groups is 1. The van der Waals surface area contributed by atoms with Crippen molar-refractivity contribution in [3.05, 3.63) is 65.2 Å². The van der Waals surface area contributed by atoms with E-state index in [9.17, 15) is 18.3 Å². The Bertz CT molecular complexity index is 1370. The van der Waals surface area contributed by atoms with Gasteiger partial charge < -0.3 is 15.6 Å². The van der Waals surface area contributed by atoms with Crippen molar-refractivity contribution in [3.8, 4) is 17.1 Å². The second-order valence-electron chi connectivity index (χ2n) is 9.58. The summed E-state index contributed by atoms with van der Waals surface area (Å²) in [5.41, 5.74) is 9.45. The Morgan fingerprint density at radius 1 is 1.11 bits per heavy atom. The Kier molecular flexibility index (Phi) is 9.70. The Balaban J connectivity index is 0.00000400. The van der Waals surface area contributed by atoms with Crippen molar-refractivity contribution in [1.29, 1.82) is 0 Å². The second-order valence-corrected chi connectivity index (χ2v) is 11.3. The van der Waals surface area contributed by atoms with Crippen molar-refractivity contribution < 1.29 is 23.1 Å². The van der Waals surface area contributed by atoms with Gasteiger partial charge in [0.15, 0.2) is 0 Å². The van der Waals surface area contributed by atoms with Crippen LogP contribution in [0.3, 0.4) is 0 Å². The van der Waals surface area contributed by atoms with E-state index in [1.165, 1.54) is 43.9 Å². The molecule has 4 N–H and O–H groups in total. The van der Waals surface area contributed by atoms with Gasteiger partial charge in [-0.25, -0.2) is 22.9 Å². The summed E-state index contributed by atoms with van der Waals surface area (Å²) in [6.45, 7) is 4.14. The van der Waals surface area contributed by atoms with Gasteiger partial charge in [-0.05, 0) is 55.5 Å². The first kappa shape index (κ1) is 29.3. The highest BCUT2D eigenvalue weighted by Gasteiger charge is 2.21. The number of carboxylic acids is 1. The number of aromatic carboxylic acids is 1. The van der Waals surface area contributed by atoms with Crippen LogP contribution in [0.4, 0.5) is 5.95 Å². The van der Waals surface area contributed by atoms with Crippen molar-refractivity contribution >= 4 is 34.3 Å². The molecule has 1 heterocycles. The quantitative estimate of drug-likeness (QED) is 0.315. The topological polar surface area (TPSA) is 144 Å². The third-order valence-electron chi connectivity index (χ3n) is 6.61. The molecule has 0 spiro atoms. The van der Waals surface area contributed by atoms with Gasteiger partial charge in [0.2, 0.25) is 11.8 Å². The SMILES string of the molecule is Cc1cccc(C)c1-c1cc(OC[C@H](N)CC2CCCC2)nc(NS(=O)(=O)c2cccc(C(=O)O)c2)n1.Cl. The summed E-state index contributed by atoms with van der Waals surface area (Å²) in [6, 6.07) is 12.4. The fourth-order valence-electron chi connectivity index (χ4n) is 4.80. The van der Waals surface area contributed by atoms with E-state index in [4.69, 9.17) is 10.5 Å². The molecule has 0 aliphatic heterocycles. The molecule has 4 rings (SSSR count). The van der Waals surface area contributed by atoms with Crippen LogP contribution >= 0.6 is 12.4 Å². The second kappa shape index (κ2) is 12.6. The predicted octanol–water partition coefficient (Wildman–Crippen LogP) is 4.97. The van der Waals surface area contributed by atoms with Crippen LogP contribution in [0.1, 0.15) is 53.6 Å². The molecule has 204 valence electrons. The summed E-state index contributed by atoms with van der Waals surface area (Å²) in [5, 5.41) is 9.24. The van der Waals surface area contributed by atoms with Gasteiger partial charge in [-0.15, -0.1) is 12.4 Å². The van der Waals surface area contributed by atoms with Crippen LogP contribution in [0.15, 0.2) is 53.4 Å². The maximum atomic E-state index is 13.1. The average molecular weight is 561 g/mol. The molecule has 0 saturated heterocycles. The number of aromatic nitrogens is 2. The minimum atomic E-state index is -4.17. The Morgan fingerprint density at radius 2 is 1.76 bits per heavy atom. The first-order chi connectivity index (χ1) is 17.6. The largest absolute Gasteiger partial charge is 0.478 e. The molecular formula is C27H33ClN4O5S. The molecule has 0 radical (unpaired) electrons. The number of nitrogens with two attached hydrogens (primary N) is 1. The minimum absolute atomic E-state index is 0. The highest BCUT2D eigenvalue weighted by atomic mass is 35.5. The van der Waals surface area contributed by atoms with Crippen LogP contribution in [0.25, 0.3) is 11.3 Å². The zero-order valence-corrected chi connectivity index (χ0v) is 23.0. The van der Waals surface area contributed by atoms with Gasteiger partial charge >= 0.3 is 5.97 Å². The number of benzene rings is 2. The van der Waals surface area contributed by atoms with E-state index in [0.717, 1.165) is 29.2 Å². The van der Waals surface area contributed by atoms with Gasteiger partial charge in [-0.3, -0.25) is 0 Å². The first-order valence-corrected chi connectivity index (χ1v) is 13.8. The first-order valence-electron chi connectivity index (χ1n) is 12.3. The van der Waals surface area contributed by atoms with E-state index in [0.29, 0.717) is 11.6 Å². The lowest BCUT2D eigenvalue weighted by molar-refractivity contribution is 0.0696. The monoisotopic (exact) mass is 560 g/mol. The smallest absolute Gasteiger partial charge is 0.335 e. The number of nitrogens with zero attached hydrogens (tertiary/aromatic N) is 2. The lowest BCUT2D eigenvalue weighted by Gasteiger charge is -2.18. The number of nitrogens with one attached hydrogen (secondary N) is 1. The minimum Gasteiger partial charge on any atom is -0.478 e. The summed E-state index contributed by atoms with van der Waals surface area (Å²) in [4.78, 5) is 19.9. The van der Waals surface area contributed by atoms with Crippen molar-refractivity contribution in [2.75, 3.05) is 11.3 Å². The van der Waals surface area contributed by atoms with Crippen LogP contribution in [0.5, 0.6) is 5.88 Å². The summed E-state index contributed by atoms with van der Waals surface area (Å²) in [7, 11) is -4.17. The zero-order valence-electron chi connectivity index (χ0n) is 21.4. The zero-order chi connectivity index (χ0) is 26.6. The fourth-order valence-corrected chi connectivity index (χ4v) is 5.79. The van der Waals surface area contributed by atoms with Gasteiger partial charge in [-0.1, -0.05) is 49.9 Å². The molecule has 1 aliphatic carbocycles.